The van der Waals surface area contributed by atoms with Crippen LogP contribution in [0.25, 0.3) is 0 Å². The maximum Gasteiger partial charge on any atom is 0.192 e. The molecule has 0 spiro atoms. The molecule has 5 heteroatoms. The second-order valence-corrected chi connectivity index (χ2v) is 19.5. The highest BCUT2D eigenvalue weighted by molar-refractivity contribution is 6.74. The Hall–Kier alpha value is 0.314. The summed E-state index contributed by atoms with van der Waals surface area (Å²) in [6.45, 7) is 26.3. The van der Waals surface area contributed by atoms with Crippen LogP contribution in [0, 0.1) is 0 Å². The van der Waals surface area contributed by atoms with E-state index < -0.39 is 16.6 Å². The Kier molecular flexibility index (Phi) is 5.85. The summed E-state index contributed by atoms with van der Waals surface area (Å²) in [5, 5.41) is 4.03. The van der Waals surface area contributed by atoms with Crippen LogP contribution >= 0.6 is 0 Å². The fraction of sp³-hybridized carbons (Fsp3) is 1.00. The Morgan fingerprint density at radius 1 is 0.818 bits per heavy atom. The van der Waals surface area contributed by atoms with Crippen molar-refractivity contribution in [3.8, 4) is 0 Å². The molecule has 1 heterocycles. The van der Waals surface area contributed by atoms with E-state index in [1.807, 2.05) is 0 Å². The van der Waals surface area contributed by atoms with Crippen molar-refractivity contribution in [1.82, 2.24) is 5.32 Å². The first-order chi connectivity index (χ1) is 9.58. The molecule has 1 fully saturated rings. The van der Waals surface area contributed by atoms with E-state index in [4.69, 9.17) is 8.85 Å². The third-order valence-electron chi connectivity index (χ3n) is 5.99. The highest BCUT2D eigenvalue weighted by Crippen LogP contribution is 2.41. The van der Waals surface area contributed by atoms with Crippen LogP contribution in [0.1, 0.15) is 48.5 Å². The number of rotatable bonds is 4. The molecule has 1 aliphatic heterocycles. The van der Waals surface area contributed by atoms with Crippen LogP contribution in [0.3, 0.4) is 0 Å². The summed E-state index contributed by atoms with van der Waals surface area (Å²) in [5.74, 6) is 0. The zero-order chi connectivity index (χ0) is 17.6. The van der Waals surface area contributed by atoms with Gasteiger partial charge in [0.2, 0.25) is 0 Å². The Morgan fingerprint density at radius 2 is 1.23 bits per heavy atom. The zero-order valence-corrected chi connectivity index (χ0v) is 18.8. The van der Waals surface area contributed by atoms with Gasteiger partial charge in [-0.15, -0.1) is 0 Å². The van der Waals surface area contributed by atoms with Crippen LogP contribution in [0.15, 0.2) is 0 Å². The molecule has 3 nitrogen and oxygen atoms in total. The Balaban J connectivity index is 2.89. The molecule has 1 aliphatic rings. The van der Waals surface area contributed by atoms with Crippen molar-refractivity contribution in [2.45, 2.75) is 103 Å². The molecule has 0 amide bonds. The van der Waals surface area contributed by atoms with Crippen LogP contribution in [0.5, 0.6) is 0 Å². The van der Waals surface area contributed by atoms with Gasteiger partial charge in [-0.3, -0.25) is 0 Å². The van der Waals surface area contributed by atoms with Crippen LogP contribution in [-0.2, 0) is 8.85 Å². The van der Waals surface area contributed by atoms with Crippen molar-refractivity contribution < 1.29 is 8.85 Å². The van der Waals surface area contributed by atoms with Gasteiger partial charge in [-0.05, 0) is 43.2 Å². The van der Waals surface area contributed by atoms with Gasteiger partial charge in [-0.2, -0.15) is 0 Å². The molecule has 1 rings (SSSR count). The second-order valence-electron chi connectivity index (χ2n) is 9.96. The van der Waals surface area contributed by atoms with Crippen LogP contribution < -0.4 is 5.32 Å². The zero-order valence-electron chi connectivity index (χ0n) is 16.8. The predicted molar refractivity (Wildman–Crippen MR) is 102 cm³/mol. The van der Waals surface area contributed by atoms with Gasteiger partial charge in [0.1, 0.15) is 0 Å². The summed E-state index contributed by atoms with van der Waals surface area (Å²) in [6, 6.07) is 0.365. The summed E-state index contributed by atoms with van der Waals surface area (Å²) in [7, 11) is -3.55. The molecule has 0 unspecified atom stereocenters. The van der Waals surface area contributed by atoms with Crippen LogP contribution in [-0.4, -0.2) is 41.4 Å². The lowest BCUT2D eigenvalue weighted by molar-refractivity contribution is 0.0581. The molecule has 0 saturated carbocycles. The van der Waals surface area contributed by atoms with Crippen molar-refractivity contribution in [2.75, 3.05) is 6.54 Å². The van der Waals surface area contributed by atoms with Crippen LogP contribution in [0.4, 0.5) is 0 Å². The Morgan fingerprint density at radius 3 is 1.64 bits per heavy atom. The predicted octanol–water partition coefficient (Wildman–Crippen LogP) is 4.76. The largest absolute Gasteiger partial charge is 0.410 e. The second kappa shape index (κ2) is 6.32. The smallest absolute Gasteiger partial charge is 0.192 e. The molecule has 0 bridgehead atoms. The fourth-order valence-electron chi connectivity index (χ4n) is 2.22. The van der Waals surface area contributed by atoms with Gasteiger partial charge in [-0.1, -0.05) is 41.5 Å². The summed E-state index contributed by atoms with van der Waals surface area (Å²) in [5.41, 5.74) is 0. The van der Waals surface area contributed by atoms with Crippen molar-refractivity contribution in [3.63, 3.8) is 0 Å². The maximum atomic E-state index is 6.72. The first kappa shape index (κ1) is 20.4. The summed E-state index contributed by atoms with van der Waals surface area (Å²) in [6.07, 6.45) is 0.361. The Bertz CT molecular complexity index is 383. The van der Waals surface area contributed by atoms with Gasteiger partial charge in [0.05, 0.1) is 12.2 Å². The van der Waals surface area contributed by atoms with Gasteiger partial charge in [0, 0.05) is 12.6 Å². The van der Waals surface area contributed by atoms with E-state index in [2.05, 4.69) is 80.0 Å². The Labute approximate surface area is 140 Å². The lowest BCUT2D eigenvalue weighted by Gasteiger charge is -2.43. The minimum atomic E-state index is -1.78. The van der Waals surface area contributed by atoms with Gasteiger partial charge >= 0.3 is 0 Å². The minimum absolute atomic E-state index is 0.176. The average molecular weight is 346 g/mol. The highest BCUT2D eigenvalue weighted by atomic mass is 28.4. The molecule has 3 atom stereocenters. The molecule has 132 valence electrons. The summed E-state index contributed by atoms with van der Waals surface area (Å²) < 4.78 is 13.4. The third-order valence-corrected chi connectivity index (χ3v) is 15.0. The third kappa shape index (κ3) is 4.44. The summed E-state index contributed by atoms with van der Waals surface area (Å²) >= 11 is 0. The van der Waals surface area contributed by atoms with E-state index in [1.165, 1.54) is 0 Å². The SMILES string of the molecule is C[C@@H]1NC[C@H](O[Si](C)(C)C(C)(C)C)[C@H]1O[Si](C)(C)C(C)(C)C. The minimum Gasteiger partial charge on any atom is -0.410 e. The molecular weight excluding hydrogens is 306 g/mol. The van der Waals surface area contributed by atoms with E-state index in [-0.39, 0.29) is 22.3 Å². The molecular formula is C17H39NO2Si2. The van der Waals surface area contributed by atoms with Crippen molar-refractivity contribution in [1.29, 1.82) is 0 Å². The lowest BCUT2D eigenvalue weighted by Crippen LogP contribution is -2.52. The standard InChI is InChI=1S/C17H39NO2Si2/c1-13-15(20-22(10,11)17(5,6)7)14(12-18-13)19-21(8,9)16(2,3)4/h13-15,18H,12H2,1-11H3/t13-,14-,15-/m0/s1. The first-order valence-corrected chi connectivity index (χ1v) is 14.5. The van der Waals surface area contributed by atoms with Crippen molar-refractivity contribution in [3.05, 3.63) is 0 Å². The first-order valence-electron chi connectivity index (χ1n) is 8.67. The highest BCUT2D eigenvalue weighted by Gasteiger charge is 2.47. The summed E-state index contributed by atoms with van der Waals surface area (Å²) in [4.78, 5) is 0. The topological polar surface area (TPSA) is 30.5 Å². The molecule has 0 aromatic rings. The monoisotopic (exact) mass is 345 g/mol. The van der Waals surface area contributed by atoms with E-state index in [0.717, 1.165) is 6.54 Å². The van der Waals surface area contributed by atoms with Crippen molar-refractivity contribution >= 4 is 16.6 Å². The maximum absolute atomic E-state index is 6.72. The van der Waals surface area contributed by atoms with E-state index in [0.29, 0.717) is 6.04 Å². The quantitative estimate of drug-likeness (QED) is 0.745. The molecule has 1 N–H and O–H groups in total. The fourth-order valence-corrected chi connectivity index (χ4v) is 4.93. The van der Waals surface area contributed by atoms with E-state index in [9.17, 15) is 0 Å². The number of hydrogen-bond acceptors (Lipinski definition) is 3. The van der Waals surface area contributed by atoms with E-state index in [1.54, 1.807) is 0 Å². The van der Waals surface area contributed by atoms with Crippen LogP contribution in [0.2, 0.25) is 36.3 Å². The van der Waals surface area contributed by atoms with Crippen molar-refractivity contribution in [2.24, 2.45) is 0 Å². The van der Waals surface area contributed by atoms with Gasteiger partial charge in [-0.25, -0.2) is 0 Å². The normalized spacial score (nSPS) is 28.2. The number of nitrogens with one attached hydrogen (secondary N) is 1. The van der Waals surface area contributed by atoms with Gasteiger partial charge in [0.15, 0.2) is 16.6 Å². The van der Waals surface area contributed by atoms with Gasteiger partial charge < -0.3 is 14.2 Å². The van der Waals surface area contributed by atoms with Gasteiger partial charge in [0.25, 0.3) is 0 Å². The van der Waals surface area contributed by atoms with E-state index >= 15 is 0 Å². The average Bonchev–Trinajstić information content (AvgIpc) is 2.57. The molecule has 0 aliphatic carbocycles. The molecule has 22 heavy (non-hydrogen) atoms. The molecule has 0 radical (unpaired) electrons. The molecule has 0 aromatic heterocycles. The molecule has 1 saturated heterocycles. The molecule has 0 aromatic carbocycles. The lowest BCUT2D eigenvalue weighted by atomic mass is 10.2. The number of hydrogen-bond donors (Lipinski definition) is 1.